The summed E-state index contributed by atoms with van der Waals surface area (Å²) >= 11 is 0. The molecule has 0 aromatic heterocycles. The maximum atomic E-state index is 12.6. The number of hydrogen-bond acceptors (Lipinski definition) is 5. The van der Waals surface area contributed by atoms with Crippen LogP contribution in [0.25, 0.3) is 0 Å². The average molecular weight is 314 g/mol. The zero-order valence-corrected chi connectivity index (χ0v) is 13.2. The molecule has 21 heavy (non-hydrogen) atoms. The molecule has 1 aliphatic carbocycles. The molecule has 2 rings (SSSR count). The van der Waals surface area contributed by atoms with E-state index in [4.69, 9.17) is 15.2 Å². The van der Waals surface area contributed by atoms with Gasteiger partial charge in [-0.2, -0.15) is 0 Å². The quantitative estimate of drug-likeness (QED) is 0.825. The number of methoxy groups -OCH3 is 2. The van der Waals surface area contributed by atoms with Gasteiger partial charge in [-0.15, -0.1) is 0 Å². The lowest BCUT2D eigenvalue weighted by atomic mass is 10.0. The summed E-state index contributed by atoms with van der Waals surface area (Å²) in [6, 6.07) is 4.58. The van der Waals surface area contributed by atoms with Crippen LogP contribution in [0.1, 0.15) is 25.7 Å². The van der Waals surface area contributed by atoms with Gasteiger partial charge in [0.1, 0.15) is 11.5 Å². The van der Waals surface area contributed by atoms with Gasteiger partial charge in [-0.1, -0.05) is 12.8 Å². The van der Waals surface area contributed by atoms with Crippen molar-refractivity contribution in [3.63, 3.8) is 0 Å². The first kappa shape index (κ1) is 16.1. The van der Waals surface area contributed by atoms with Gasteiger partial charge in [-0.25, -0.2) is 13.1 Å². The Labute approximate surface area is 125 Å². The molecular formula is C14H22N2O4S. The molecule has 1 aliphatic rings. The van der Waals surface area contributed by atoms with Crippen LogP contribution in [0.4, 0.5) is 0 Å². The number of nitrogens with one attached hydrogen (secondary N) is 1. The largest absolute Gasteiger partial charge is 0.497 e. The predicted molar refractivity (Wildman–Crippen MR) is 80.1 cm³/mol. The highest BCUT2D eigenvalue weighted by Gasteiger charge is 2.37. The van der Waals surface area contributed by atoms with Crippen molar-refractivity contribution in [1.82, 2.24) is 4.72 Å². The number of benzene rings is 1. The summed E-state index contributed by atoms with van der Waals surface area (Å²) in [4.78, 5) is 0.124. The van der Waals surface area contributed by atoms with E-state index in [1.165, 1.54) is 26.4 Å². The topological polar surface area (TPSA) is 90.6 Å². The van der Waals surface area contributed by atoms with E-state index >= 15 is 0 Å². The minimum absolute atomic E-state index is 0.124. The summed E-state index contributed by atoms with van der Waals surface area (Å²) in [5.74, 6) is 0.867. The second-order valence-electron chi connectivity index (χ2n) is 5.35. The molecule has 0 bridgehead atoms. The highest BCUT2D eigenvalue weighted by Crippen LogP contribution is 2.32. The van der Waals surface area contributed by atoms with Crippen molar-refractivity contribution in [2.75, 3.05) is 20.8 Å². The molecule has 0 amide bonds. The van der Waals surface area contributed by atoms with E-state index in [-0.39, 0.29) is 4.90 Å². The highest BCUT2D eigenvalue weighted by atomic mass is 32.2. The monoisotopic (exact) mass is 314 g/mol. The van der Waals surface area contributed by atoms with Gasteiger partial charge in [0.25, 0.3) is 0 Å². The molecule has 3 N–H and O–H groups in total. The average Bonchev–Trinajstić information content (AvgIpc) is 2.95. The Balaban J connectivity index is 2.34. The number of sulfonamides is 1. The van der Waals surface area contributed by atoms with Gasteiger partial charge in [0.15, 0.2) is 0 Å². The molecule has 1 fully saturated rings. The van der Waals surface area contributed by atoms with Crippen LogP contribution in [0.2, 0.25) is 0 Å². The number of nitrogens with two attached hydrogens (primary N) is 1. The maximum absolute atomic E-state index is 12.6. The Hall–Kier alpha value is -1.31. The minimum atomic E-state index is -3.67. The minimum Gasteiger partial charge on any atom is -0.497 e. The first-order chi connectivity index (χ1) is 9.94. The third-order valence-corrected chi connectivity index (χ3v) is 5.50. The van der Waals surface area contributed by atoms with E-state index in [1.54, 1.807) is 6.07 Å². The molecule has 0 spiro atoms. The van der Waals surface area contributed by atoms with Crippen molar-refractivity contribution in [3.05, 3.63) is 18.2 Å². The summed E-state index contributed by atoms with van der Waals surface area (Å²) < 4.78 is 38.2. The van der Waals surface area contributed by atoms with E-state index in [2.05, 4.69) is 4.72 Å². The number of hydrogen-bond donors (Lipinski definition) is 2. The third kappa shape index (κ3) is 3.48. The van der Waals surface area contributed by atoms with Gasteiger partial charge in [0, 0.05) is 30.3 Å². The van der Waals surface area contributed by atoms with Gasteiger partial charge >= 0.3 is 0 Å². The molecule has 6 nitrogen and oxygen atoms in total. The van der Waals surface area contributed by atoms with Gasteiger partial charge in [0.2, 0.25) is 10.0 Å². The van der Waals surface area contributed by atoms with Crippen LogP contribution in [0.3, 0.4) is 0 Å². The first-order valence-corrected chi connectivity index (χ1v) is 8.40. The van der Waals surface area contributed by atoms with E-state index in [0.29, 0.717) is 18.0 Å². The molecule has 0 unspecified atom stereocenters. The molecule has 1 aromatic rings. The lowest BCUT2D eigenvalue weighted by Crippen LogP contribution is -2.51. The predicted octanol–water partition coefficient (Wildman–Crippen LogP) is 1.25. The van der Waals surface area contributed by atoms with Gasteiger partial charge in [0.05, 0.1) is 19.1 Å². The summed E-state index contributed by atoms with van der Waals surface area (Å²) in [5.41, 5.74) is 5.26. The lowest BCUT2D eigenvalue weighted by Gasteiger charge is -2.28. The first-order valence-electron chi connectivity index (χ1n) is 6.92. The Kier molecular flexibility index (Phi) is 4.75. The molecule has 1 saturated carbocycles. The zero-order chi connectivity index (χ0) is 15.5. The fourth-order valence-electron chi connectivity index (χ4n) is 2.68. The van der Waals surface area contributed by atoms with E-state index in [9.17, 15) is 8.42 Å². The second kappa shape index (κ2) is 6.21. The van der Waals surface area contributed by atoms with Crippen LogP contribution >= 0.6 is 0 Å². The Morgan fingerprint density at radius 3 is 2.10 bits per heavy atom. The van der Waals surface area contributed by atoms with E-state index in [0.717, 1.165) is 25.7 Å². The zero-order valence-electron chi connectivity index (χ0n) is 12.4. The van der Waals surface area contributed by atoms with Crippen molar-refractivity contribution in [3.8, 4) is 11.5 Å². The van der Waals surface area contributed by atoms with Crippen molar-refractivity contribution in [2.45, 2.75) is 36.1 Å². The molecule has 0 heterocycles. The van der Waals surface area contributed by atoms with E-state index < -0.39 is 15.6 Å². The van der Waals surface area contributed by atoms with Crippen LogP contribution in [-0.4, -0.2) is 34.7 Å². The summed E-state index contributed by atoms with van der Waals surface area (Å²) in [6.07, 6.45) is 3.51. The van der Waals surface area contributed by atoms with Crippen LogP contribution in [0, 0.1) is 0 Å². The Morgan fingerprint density at radius 2 is 1.67 bits per heavy atom. The molecular weight excluding hydrogens is 292 g/mol. The smallest absolute Gasteiger partial charge is 0.241 e. The van der Waals surface area contributed by atoms with Crippen LogP contribution in [0.15, 0.2) is 23.1 Å². The van der Waals surface area contributed by atoms with Gasteiger partial charge < -0.3 is 15.2 Å². The fraction of sp³-hybridized carbons (Fsp3) is 0.571. The normalized spacial score (nSPS) is 17.7. The van der Waals surface area contributed by atoms with Crippen molar-refractivity contribution < 1.29 is 17.9 Å². The molecule has 0 saturated heterocycles. The molecule has 7 heteroatoms. The number of ether oxygens (including phenoxy) is 2. The lowest BCUT2D eigenvalue weighted by molar-refractivity contribution is 0.388. The SMILES string of the molecule is COc1cc(OC)cc(S(=O)(=O)NC2(CN)CCCC2)c1. The van der Waals surface area contributed by atoms with Crippen molar-refractivity contribution in [1.29, 1.82) is 0 Å². The highest BCUT2D eigenvalue weighted by molar-refractivity contribution is 7.89. The van der Waals surface area contributed by atoms with E-state index in [1.807, 2.05) is 0 Å². The Morgan fingerprint density at radius 1 is 1.14 bits per heavy atom. The molecule has 0 atom stereocenters. The molecule has 1 aromatic carbocycles. The van der Waals surface area contributed by atoms with Gasteiger partial charge in [-0.05, 0) is 12.8 Å². The fourth-order valence-corrected chi connectivity index (χ4v) is 4.20. The van der Waals surface area contributed by atoms with Crippen LogP contribution < -0.4 is 19.9 Å². The van der Waals surface area contributed by atoms with Gasteiger partial charge in [-0.3, -0.25) is 0 Å². The summed E-state index contributed by atoms with van der Waals surface area (Å²) in [7, 11) is -0.703. The van der Waals surface area contributed by atoms with Crippen molar-refractivity contribution >= 4 is 10.0 Å². The summed E-state index contributed by atoms with van der Waals surface area (Å²) in [6.45, 7) is 0.299. The maximum Gasteiger partial charge on any atom is 0.241 e. The molecule has 0 aliphatic heterocycles. The number of rotatable bonds is 6. The Bertz CT molecular complexity index is 573. The van der Waals surface area contributed by atoms with Crippen LogP contribution in [-0.2, 0) is 10.0 Å². The third-order valence-electron chi connectivity index (χ3n) is 3.94. The molecule has 118 valence electrons. The standard InChI is InChI=1S/C14H22N2O4S/c1-19-11-7-12(20-2)9-13(8-11)21(17,18)16-14(10-15)5-3-4-6-14/h7-9,16H,3-6,10,15H2,1-2H3. The second-order valence-corrected chi connectivity index (χ2v) is 7.03. The molecule has 0 radical (unpaired) electrons. The summed E-state index contributed by atoms with van der Waals surface area (Å²) in [5, 5.41) is 0. The van der Waals surface area contributed by atoms with Crippen LogP contribution in [0.5, 0.6) is 11.5 Å². The van der Waals surface area contributed by atoms with Crippen molar-refractivity contribution in [2.24, 2.45) is 5.73 Å².